The van der Waals surface area contributed by atoms with Crippen LogP contribution in [0.3, 0.4) is 0 Å². The van der Waals surface area contributed by atoms with Gasteiger partial charge in [0.15, 0.2) is 6.79 Å². The molecule has 2 aromatic rings. The summed E-state index contributed by atoms with van der Waals surface area (Å²) < 4.78 is 24.5. The molecule has 8 heteroatoms. The molecule has 2 aliphatic rings. The number of hydrogen-bond donors (Lipinski definition) is 1. The molecule has 7 nitrogen and oxygen atoms in total. The summed E-state index contributed by atoms with van der Waals surface area (Å²) in [6.45, 7) is 2.43. The molecule has 3 heterocycles. The Bertz CT molecular complexity index is 834. The Balaban J connectivity index is 1.33. The zero-order valence-electron chi connectivity index (χ0n) is 15.6. The number of ether oxygens (including phenoxy) is 2. The zero-order valence-corrected chi connectivity index (χ0v) is 15.6. The molecule has 1 amide bonds. The van der Waals surface area contributed by atoms with Gasteiger partial charge < -0.3 is 19.7 Å². The summed E-state index contributed by atoms with van der Waals surface area (Å²) in [5, 5.41) is 2.99. The summed E-state index contributed by atoms with van der Waals surface area (Å²) in [6, 6.07) is 2.90. The number of fused-ring (bicyclic) bond motifs is 1. The van der Waals surface area contributed by atoms with Crippen LogP contribution in [0.5, 0.6) is 5.75 Å². The highest BCUT2D eigenvalue weighted by atomic mass is 19.1. The maximum Gasteiger partial charge on any atom is 0.224 e. The molecule has 148 valence electrons. The van der Waals surface area contributed by atoms with Gasteiger partial charge in [0, 0.05) is 37.6 Å². The Morgan fingerprint density at radius 3 is 3.14 bits per heavy atom. The van der Waals surface area contributed by atoms with Crippen molar-refractivity contribution in [1.29, 1.82) is 0 Å². The third-order valence-electron chi connectivity index (χ3n) is 5.11. The topological polar surface area (TPSA) is 76.6 Å². The number of nitrogens with zero attached hydrogens (tertiary/aromatic N) is 3. The molecule has 2 aliphatic heterocycles. The van der Waals surface area contributed by atoms with Gasteiger partial charge in [-0.3, -0.25) is 9.78 Å². The van der Waals surface area contributed by atoms with Gasteiger partial charge in [-0.25, -0.2) is 9.37 Å². The van der Waals surface area contributed by atoms with Gasteiger partial charge in [0.2, 0.25) is 5.91 Å². The number of rotatable bonds is 5. The van der Waals surface area contributed by atoms with E-state index in [4.69, 9.17) is 9.47 Å². The molecule has 0 radical (unpaired) electrons. The predicted octanol–water partition coefficient (Wildman–Crippen LogP) is 2.06. The zero-order chi connectivity index (χ0) is 19.3. The number of carbonyl (C=O) groups excluding carboxylic acids is 1. The van der Waals surface area contributed by atoms with E-state index in [1.165, 1.54) is 12.1 Å². The largest absolute Gasteiger partial charge is 0.467 e. The highest BCUT2D eigenvalue weighted by Crippen LogP contribution is 2.29. The lowest BCUT2D eigenvalue weighted by molar-refractivity contribution is -0.125. The summed E-state index contributed by atoms with van der Waals surface area (Å²) in [4.78, 5) is 23.1. The van der Waals surface area contributed by atoms with Gasteiger partial charge in [-0.05, 0) is 37.0 Å². The molecular formula is C20H23FN4O3. The number of halogens is 1. The van der Waals surface area contributed by atoms with E-state index in [0.29, 0.717) is 37.4 Å². The maximum atomic E-state index is 13.8. The van der Waals surface area contributed by atoms with Gasteiger partial charge in [-0.1, -0.05) is 0 Å². The lowest BCUT2D eigenvalue weighted by atomic mass is 9.97. The van der Waals surface area contributed by atoms with Crippen molar-refractivity contribution < 1.29 is 18.7 Å². The van der Waals surface area contributed by atoms with Crippen LogP contribution in [0.25, 0.3) is 0 Å². The molecule has 1 fully saturated rings. The van der Waals surface area contributed by atoms with Gasteiger partial charge in [0.05, 0.1) is 18.7 Å². The Labute approximate surface area is 162 Å². The highest BCUT2D eigenvalue weighted by molar-refractivity contribution is 5.79. The number of nitrogens with one attached hydrogen (secondary N) is 1. The van der Waals surface area contributed by atoms with Crippen molar-refractivity contribution in [2.24, 2.45) is 5.92 Å². The molecule has 0 saturated carbocycles. The summed E-state index contributed by atoms with van der Waals surface area (Å²) in [5.74, 6) is 1.07. The first-order valence-electron chi connectivity index (χ1n) is 9.51. The van der Waals surface area contributed by atoms with Crippen molar-refractivity contribution >= 4 is 11.7 Å². The van der Waals surface area contributed by atoms with Crippen LogP contribution < -0.4 is 15.0 Å². The molecule has 0 spiro atoms. The Morgan fingerprint density at radius 2 is 2.29 bits per heavy atom. The minimum Gasteiger partial charge on any atom is -0.467 e. The van der Waals surface area contributed by atoms with E-state index in [-0.39, 0.29) is 24.4 Å². The van der Waals surface area contributed by atoms with Gasteiger partial charge in [0.1, 0.15) is 17.4 Å². The molecule has 1 aromatic carbocycles. The molecular weight excluding hydrogens is 363 g/mol. The first kappa shape index (κ1) is 18.6. The van der Waals surface area contributed by atoms with Crippen molar-refractivity contribution in [2.45, 2.75) is 25.9 Å². The number of hydrogen-bond acceptors (Lipinski definition) is 6. The van der Waals surface area contributed by atoms with E-state index >= 15 is 0 Å². The molecule has 0 unspecified atom stereocenters. The van der Waals surface area contributed by atoms with Crippen LogP contribution in [-0.2, 0) is 22.6 Å². The molecule has 0 aliphatic carbocycles. The van der Waals surface area contributed by atoms with E-state index < -0.39 is 0 Å². The number of anilines is 1. The first-order valence-corrected chi connectivity index (χ1v) is 9.51. The van der Waals surface area contributed by atoms with E-state index in [0.717, 1.165) is 30.8 Å². The Hall–Kier alpha value is -2.74. The van der Waals surface area contributed by atoms with E-state index in [1.54, 1.807) is 18.6 Å². The van der Waals surface area contributed by atoms with Gasteiger partial charge in [0.25, 0.3) is 0 Å². The van der Waals surface area contributed by atoms with Crippen LogP contribution >= 0.6 is 0 Å². The van der Waals surface area contributed by atoms with Crippen LogP contribution in [0.4, 0.5) is 10.2 Å². The van der Waals surface area contributed by atoms with Crippen LogP contribution in [0, 0.1) is 11.7 Å². The summed E-state index contributed by atoms with van der Waals surface area (Å²) in [5.41, 5.74) is 1.46. The van der Waals surface area contributed by atoms with Crippen molar-refractivity contribution in [2.75, 3.05) is 31.3 Å². The maximum absolute atomic E-state index is 13.8. The minimum atomic E-state index is -0.318. The van der Waals surface area contributed by atoms with E-state index in [2.05, 4.69) is 20.2 Å². The summed E-state index contributed by atoms with van der Waals surface area (Å²) in [7, 11) is 0. The Morgan fingerprint density at radius 1 is 1.36 bits per heavy atom. The van der Waals surface area contributed by atoms with E-state index in [1.807, 2.05) is 0 Å². The standard InChI is InChI=1S/C20H23FN4O3/c21-17-8-14(19-16(9-17)12-27-13-28-19)3-4-24-20(26)15-2-1-7-25(11-15)18-10-22-5-6-23-18/h5-6,8-10,15H,1-4,7,11-13H2,(H,24,26)/t15-/m1/s1. The SMILES string of the molecule is O=C(NCCc1cc(F)cc2c1OCOC2)[C@@H]1CCCN(c2cnccn2)C1. The lowest BCUT2D eigenvalue weighted by Gasteiger charge is -2.32. The van der Waals surface area contributed by atoms with Crippen molar-refractivity contribution in [3.05, 3.63) is 47.7 Å². The third kappa shape index (κ3) is 4.22. The van der Waals surface area contributed by atoms with E-state index in [9.17, 15) is 9.18 Å². The first-order chi connectivity index (χ1) is 13.7. The molecule has 1 saturated heterocycles. The second-order valence-electron chi connectivity index (χ2n) is 7.05. The number of aromatic nitrogens is 2. The van der Waals surface area contributed by atoms with Gasteiger partial charge in [-0.2, -0.15) is 0 Å². The molecule has 4 rings (SSSR count). The fourth-order valence-electron chi connectivity index (χ4n) is 3.76. The smallest absolute Gasteiger partial charge is 0.224 e. The van der Waals surface area contributed by atoms with Crippen molar-refractivity contribution in [1.82, 2.24) is 15.3 Å². The number of benzene rings is 1. The van der Waals surface area contributed by atoms with Crippen LogP contribution in [0.2, 0.25) is 0 Å². The van der Waals surface area contributed by atoms with Crippen LogP contribution in [0.15, 0.2) is 30.7 Å². The monoisotopic (exact) mass is 386 g/mol. The molecule has 1 aromatic heterocycles. The van der Waals surface area contributed by atoms with Gasteiger partial charge >= 0.3 is 0 Å². The van der Waals surface area contributed by atoms with Gasteiger partial charge in [-0.15, -0.1) is 0 Å². The fraction of sp³-hybridized carbons (Fsp3) is 0.450. The molecule has 1 N–H and O–H groups in total. The lowest BCUT2D eigenvalue weighted by Crippen LogP contribution is -2.43. The number of piperidine rings is 1. The average Bonchev–Trinajstić information content (AvgIpc) is 2.74. The predicted molar refractivity (Wildman–Crippen MR) is 100 cm³/mol. The highest BCUT2D eigenvalue weighted by Gasteiger charge is 2.26. The second-order valence-corrected chi connectivity index (χ2v) is 7.05. The van der Waals surface area contributed by atoms with Crippen molar-refractivity contribution in [3.63, 3.8) is 0 Å². The van der Waals surface area contributed by atoms with Crippen LogP contribution in [0.1, 0.15) is 24.0 Å². The molecule has 0 bridgehead atoms. The third-order valence-corrected chi connectivity index (χ3v) is 5.11. The summed E-state index contributed by atoms with van der Waals surface area (Å²) in [6.07, 6.45) is 7.30. The minimum absolute atomic E-state index is 0.0168. The second kappa shape index (κ2) is 8.52. The number of carbonyl (C=O) groups is 1. The molecule has 28 heavy (non-hydrogen) atoms. The van der Waals surface area contributed by atoms with Crippen molar-refractivity contribution in [3.8, 4) is 5.75 Å². The average molecular weight is 386 g/mol. The normalized spacial score (nSPS) is 18.9. The van der Waals surface area contributed by atoms with Crippen LogP contribution in [-0.4, -0.2) is 42.3 Å². The fourth-order valence-corrected chi connectivity index (χ4v) is 3.76. The quantitative estimate of drug-likeness (QED) is 0.848. The Kier molecular flexibility index (Phi) is 5.66. The summed E-state index contributed by atoms with van der Waals surface area (Å²) >= 11 is 0. The molecule has 1 atom stereocenters. The number of amides is 1.